The van der Waals surface area contributed by atoms with E-state index >= 15 is 0 Å². The van der Waals surface area contributed by atoms with Crippen LogP contribution in [0.15, 0.2) is 51.9 Å². The number of pyridine rings is 1. The summed E-state index contributed by atoms with van der Waals surface area (Å²) in [5, 5.41) is 6.61. The van der Waals surface area contributed by atoms with Crippen molar-refractivity contribution in [1.82, 2.24) is 15.1 Å². The van der Waals surface area contributed by atoms with Crippen molar-refractivity contribution in [3.63, 3.8) is 0 Å². The third-order valence-electron chi connectivity index (χ3n) is 2.95. The normalized spacial score (nSPS) is 10.5. The minimum absolute atomic E-state index is 0.0706. The van der Waals surface area contributed by atoms with Gasteiger partial charge in [0.2, 0.25) is 17.6 Å². The summed E-state index contributed by atoms with van der Waals surface area (Å²) in [6, 6.07) is 7.08. The smallest absolute Gasteiger partial charge is 0.238 e. The average Bonchev–Trinajstić information content (AvgIpc) is 3.19. The first-order chi connectivity index (χ1) is 10.8. The van der Waals surface area contributed by atoms with E-state index in [1.54, 1.807) is 42.9 Å². The fourth-order valence-corrected chi connectivity index (χ4v) is 1.92. The fraction of sp³-hybridized carbons (Fsp3) is 0.200. The number of furan rings is 1. The van der Waals surface area contributed by atoms with E-state index in [2.05, 4.69) is 20.4 Å². The van der Waals surface area contributed by atoms with Crippen molar-refractivity contribution in [2.24, 2.45) is 0 Å². The van der Waals surface area contributed by atoms with Crippen LogP contribution in [0, 0.1) is 0 Å². The van der Waals surface area contributed by atoms with Gasteiger partial charge in [0.05, 0.1) is 18.1 Å². The van der Waals surface area contributed by atoms with Crippen molar-refractivity contribution >= 4 is 11.6 Å². The molecule has 0 spiro atoms. The Morgan fingerprint density at radius 2 is 2.23 bits per heavy atom. The van der Waals surface area contributed by atoms with Crippen LogP contribution in [0.3, 0.4) is 0 Å². The van der Waals surface area contributed by atoms with Gasteiger partial charge in [-0.2, -0.15) is 4.98 Å². The van der Waals surface area contributed by atoms with Gasteiger partial charge in [-0.25, -0.2) is 0 Å². The third kappa shape index (κ3) is 3.57. The van der Waals surface area contributed by atoms with E-state index in [0.717, 1.165) is 0 Å². The Balaban J connectivity index is 1.46. The fourth-order valence-electron chi connectivity index (χ4n) is 1.92. The molecule has 0 aliphatic heterocycles. The highest BCUT2D eigenvalue weighted by atomic mass is 16.5. The zero-order valence-corrected chi connectivity index (χ0v) is 11.7. The first kappa shape index (κ1) is 14.0. The van der Waals surface area contributed by atoms with Crippen molar-refractivity contribution in [2.45, 2.75) is 19.3 Å². The molecule has 0 aliphatic carbocycles. The molecule has 0 unspecified atom stereocenters. The molecule has 22 heavy (non-hydrogen) atoms. The predicted molar refractivity (Wildman–Crippen MR) is 77.8 cm³/mol. The second-order valence-electron chi connectivity index (χ2n) is 4.63. The highest BCUT2D eigenvalue weighted by molar-refractivity contribution is 5.90. The summed E-state index contributed by atoms with van der Waals surface area (Å²) >= 11 is 0. The highest BCUT2D eigenvalue weighted by Crippen LogP contribution is 2.16. The largest absolute Gasteiger partial charge is 0.461 e. The quantitative estimate of drug-likeness (QED) is 0.752. The number of amides is 1. The van der Waals surface area contributed by atoms with Crippen LogP contribution in [0.25, 0.3) is 11.6 Å². The molecule has 0 saturated heterocycles. The van der Waals surface area contributed by atoms with Gasteiger partial charge >= 0.3 is 0 Å². The van der Waals surface area contributed by atoms with Crippen LogP contribution in [0.4, 0.5) is 5.69 Å². The van der Waals surface area contributed by atoms with Crippen molar-refractivity contribution in [2.75, 3.05) is 5.32 Å². The van der Waals surface area contributed by atoms with Crippen LogP contribution in [0.1, 0.15) is 18.7 Å². The summed E-state index contributed by atoms with van der Waals surface area (Å²) in [6.07, 6.45) is 6.33. The SMILES string of the molecule is O=C(CCCc1nc(-c2ccco2)no1)Nc1cccnc1. The van der Waals surface area contributed by atoms with Gasteiger partial charge in [-0.15, -0.1) is 0 Å². The van der Waals surface area contributed by atoms with E-state index in [-0.39, 0.29) is 5.91 Å². The minimum Gasteiger partial charge on any atom is -0.461 e. The van der Waals surface area contributed by atoms with Gasteiger partial charge in [0.15, 0.2) is 5.76 Å². The summed E-state index contributed by atoms with van der Waals surface area (Å²) in [5.74, 6) is 1.39. The zero-order valence-electron chi connectivity index (χ0n) is 11.7. The van der Waals surface area contributed by atoms with Crippen LogP contribution >= 0.6 is 0 Å². The average molecular weight is 298 g/mol. The molecular weight excluding hydrogens is 284 g/mol. The number of aryl methyl sites for hydroxylation is 1. The van der Waals surface area contributed by atoms with E-state index in [1.165, 1.54) is 0 Å². The molecule has 7 heteroatoms. The molecule has 0 aliphatic rings. The molecule has 0 atom stereocenters. The van der Waals surface area contributed by atoms with Gasteiger partial charge < -0.3 is 14.3 Å². The van der Waals surface area contributed by atoms with Crippen LogP contribution in [0.5, 0.6) is 0 Å². The maximum atomic E-state index is 11.8. The lowest BCUT2D eigenvalue weighted by Gasteiger charge is -2.03. The molecule has 0 bridgehead atoms. The molecule has 1 N–H and O–H groups in total. The Morgan fingerprint density at radius 1 is 1.27 bits per heavy atom. The molecule has 0 saturated carbocycles. The Morgan fingerprint density at radius 3 is 3.00 bits per heavy atom. The van der Waals surface area contributed by atoms with Gasteiger partial charge in [-0.1, -0.05) is 5.16 Å². The lowest BCUT2D eigenvalue weighted by molar-refractivity contribution is -0.116. The van der Waals surface area contributed by atoms with E-state index in [1.807, 2.05) is 0 Å². The maximum absolute atomic E-state index is 11.8. The van der Waals surface area contributed by atoms with Crippen LogP contribution < -0.4 is 5.32 Å². The van der Waals surface area contributed by atoms with Crippen molar-refractivity contribution in [3.8, 4) is 11.6 Å². The Hall–Kier alpha value is -2.96. The van der Waals surface area contributed by atoms with Crippen LogP contribution in [-0.4, -0.2) is 21.0 Å². The van der Waals surface area contributed by atoms with Gasteiger partial charge in [-0.05, 0) is 30.7 Å². The lowest BCUT2D eigenvalue weighted by Crippen LogP contribution is -2.11. The molecule has 3 aromatic rings. The molecule has 1 amide bonds. The van der Waals surface area contributed by atoms with Gasteiger partial charge in [-0.3, -0.25) is 9.78 Å². The van der Waals surface area contributed by atoms with Gasteiger partial charge in [0.25, 0.3) is 0 Å². The van der Waals surface area contributed by atoms with E-state index in [9.17, 15) is 4.79 Å². The van der Waals surface area contributed by atoms with Crippen molar-refractivity contribution in [1.29, 1.82) is 0 Å². The summed E-state index contributed by atoms with van der Waals surface area (Å²) in [6.45, 7) is 0. The summed E-state index contributed by atoms with van der Waals surface area (Å²) in [4.78, 5) is 19.9. The van der Waals surface area contributed by atoms with Crippen molar-refractivity contribution < 1.29 is 13.7 Å². The number of hydrogen-bond donors (Lipinski definition) is 1. The number of aromatic nitrogens is 3. The summed E-state index contributed by atoms with van der Waals surface area (Å²) in [5.41, 5.74) is 0.686. The van der Waals surface area contributed by atoms with Crippen molar-refractivity contribution in [3.05, 3.63) is 48.8 Å². The maximum Gasteiger partial charge on any atom is 0.238 e. The first-order valence-corrected chi connectivity index (χ1v) is 6.87. The Bertz CT molecular complexity index is 722. The minimum atomic E-state index is -0.0706. The third-order valence-corrected chi connectivity index (χ3v) is 2.95. The first-order valence-electron chi connectivity index (χ1n) is 6.87. The molecule has 0 radical (unpaired) electrons. The molecule has 0 aromatic carbocycles. The standard InChI is InChI=1S/C15H14N4O3/c20-13(17-11-4-2-8-16-10-11)6-1-7-14-18-15(19-22-14)12-5-3-9-21-12/h2-5,8-10H,1,6-7H2,(H,17,20). The van der Waals surface area contributed by atoms with Crippen LogP contribution in [0.2, 0.25) is 0 Å². The molecule has 112 valence electrons. The monoisotopic (exact) mass is 298 g/mol. The Labute approximate surface area is 126 Å². The summed E-state index contributed by atoms with van der Waals surface area (Å²) in [7, 11) is 0. The number of carbonyl (C=O) groups excluding carboxylic acids is 1. The van der Waals surface area contributed by atoms with E-state index in [4.69, 9.17) is 8.94 Å². The molecule has 7 nitrogen and oxygen atoms in total. The van der Waals surface area contributed by atoms with Crippen LogP contribution in [-0.2, 0) is 11.2 Å². The molecular formula is C15H14N4O3. The second kappa shape index (κ2) is 6.66. The number of carbonyl (C=O) groups is 1. The van der Waals surface area contributed by atoms with Gasteiger partial charge in [0, 0.05) is 19.0 Å². The molecule has 0 fully saturated rings. The number of rotatable bonds is 6. The molecule has 3 heterocycles. The Kier molecular flexibility index (Phi) is 4.24. The number of nitrogens with one attached hydrogen (secondary N) is 1. The summed E-state index contributed by atoms with van der Waals surface area (Å²) < 4.78 is 10.3. The highest BCUT2D eigenvalue weighted by Gasteiger charge is 2.11. The predicted octanol–water partition coefficient (Wildman–Crippen LogP) is 2.69. The topological polar surface area (TPSA) is 94.0 Å². The molecule has 3 rings (SSSR count). The van der Waals surface area contributed by atoms with E-state index < -0.39 is 0 Å². The second-order valence-corrected chi connectivity index (χ2v) is 4.63. The van der Waals surface area contributed by atoms with Gasteiger partial charge in [0.1, 0.15) is 0 Å². The zero-order chi connectivity index (χ0) is 15.2. The molecule has 3 aromatic heterocycles. The van der Waals surface area contributed by atoms with E-state index in [0.29, 0.717) is 42.4 Å². The lowest BCUT2D eigenvalue weighted by atomic mass is 10.2. The number of hydrogen-bond acceptors (Lipinski definition) is 6. The number of anilines is 1. The number of nitrogens with zero attached hydrogens (tertiary/aromatic N) is 3.